The van der Waals surface area contributed by atoms with E-state index in [4.69, 9.17) is 0 Å². The van der Waals surface area contributed by atoms with Crippen molar-refractivity contribution < 1.29 is 14.4 Å². The number of benzene rings is 1. The molecule has 1 heterocycles. The van der Waals surface area contributed by atoms with Crippen LogP contribution in [0.5, 0.6) is 0 Å². The van der Waals surface area contributed by atoms with E-state index in [2.05, 4.69) is 10.6 Å². The van der Waals surface area contributed by atoms with Crippen molar-refractivity contribution in [1.29, 1.82) is 0 Å². The first kappa shape index (κ1) is 18.4. The Morgan fingerprint density at radius 2 is 1.81 bits per heavy atom. The summed E-state index contributed by atoms with van der Waals surface area (Å²) in [5.41, 5.74) is 0.957. The number of hydrogen-bond acceptors (Lipinski definition) is 4. The fourth-order valence-electron chi connectivity index (χ4n) is 3.07. The molecule has 2 fully saturated rings. The average Bonchev–Trinajstić information content (AvgIpc) is 3.23. The smallest absolute Gasteiger partial charge is 0.253 e. The molecule has 1 aromatic carbocycles. The summed E-state index contributed by atoms with van der Waals surface area (Å²) in [5, 5.41) is 5.72. The van der Waals surface area contributed by atoms with Crippen molar-refractivity contribution in [3.8, 4) is 0 Å². The molecule has 2 aliphatic rings. The van der Waals surface area contributed by atoms with Crippen molar-refractivity contribution in [3.63, 3.8) is 0 Å². The number of nitrogens with zero attached hydrogens (tertiary/aromatic N) is 2. The largest absolute Gasteiger partial charge is 0.349 e. The molecule has 2 N–H and O–H groups in total. The zero-order valence-corrected chi connectivity index (χ0v) is 15.2. The SMILES string of the molecule is CN(CC(=O)Nc1ccccc1C(=O)NC1CC1)CC(=O)N1CCCC1. The van der Waals surface area contributed by atoms with Gasteiger partial charge in [-0.3, -0.25) is 19.3 Å². The average molecular weight is 358 g/mol. The van der Waals surface area contributed by atoms with Crippen molar-refractivity contribution in [2.24, 2.45) is 0 Å². The Kier molecular flexibility index (Phi) is 5.88. The van der Waals surface area contributed by atoms with Gasteiger partial charge in [-0.25, -0.2) is 0 Å². The molecule has 7 heteroatoms. The first-order chi connectivity index (χ1) is 12.5. The molecule has 7 nitrogen and oxygen atoms in total. The molecule has 1 aliphatic heterocycles. The molecule has 0 spiro atoms. The van der Waals surface area contributed by atoms with Crippen molar-refractivity contribution >= 4 is 23.4 Å². The number of anilines is 1. The number of likely N-dealkylation sites (tertiary alicyclic amines) is 1. The molecule has 0 radical (unpaired) electrons. The minimum absolute atomic E-state index is 0.0574. The number of rotatable bonds is 7. The van der Waals surface area contributed by atoms with Gasteiger partial charge in [0.1, 0.15) is 0 Å². The maximum Gasteiger partial charge on any atom is 0.253 e. The number of hydrogen-bond donors (Lipinski definition) is 2. The summed E-state index contributed by atoms with van der Waals surface area (Å²) in [6.45, 7) is 1.93. The highest BCUT2D eigenvalue weighted by Gasteiger charge is 2.25. The lowest BCUT2D eigenvalue weighted by Crippen LogP contribution is -2.40. The second kappa shape index (κ2) is 8.31. The topological polar surface area (TPSA) is 81.8 Å². The molecule has 26 heavy (non-hydrogen) atoms. The highest BCUT2D eigenvalue weighted by atomic mass is 16.2. The second-order valence-electron chi connectivity index (χ2n) is 7.10. The molecular weight excluding hydrogens is 332 g/mol. The first-order valence-electron chi connectivity index (χ1n) is 9.19. The minimum atomic E-state index is -0.242. The molecule has 1 aromatic rings. The standard InChI is InChI=1S/C19H26N4O3/c1-22(13-18(25)23-10-4-5-11-23)12-17(24)21-16-7-3-2-6-15(16)19(26)20-14-8-9-14/h2-3,6-7,14H,4-5,8-13H2,1H3,(H,20,26)(H,21,24). The third kappa shape index (κ3) is 5.05. The van der Waals surface area contributed by atoms with Gasteiger partial charge in [0.2, 0.25) is 11.8 Å². The van der Waals surface area contributed by atoms with Crippen molar-refractivity contribution in [3.05, 3.63) is 29.8 Å². The van der Waals surface area contributed by atoms with E-state index in [9.17, 15) is 14.4 Å². The van der Waals surface area contributed by atoms with Crippen LogP contribution >= 0.6 is 0 Å². The predicted octanol–water partition coefficient (Wildman–Crippen LogP) is 1.07. The van der Waals surface area contributed by atoms with Crippen LogP contribution in [0.2, 0.25) is 0 Å². The van der Waals surface area contributed by atoms with Crippen LogP contribution < -0.4 is 10.6 Å². The van der Waals surface area contributed by atoms with Gasteiger partial charge in [-0.1, -0.05) is 12.1 Å². The van der Waals surface area contributed by atoms with Crippen molar-refractivity contribution in [1.82, 2.24) is 15.1 Å². The van der Waals surface area contributed by atoms with Crippen LogP contribution in [0.15, 0.2) is 24.3 Å². The summed E-state index contributed by atoms with van der Waals surface area (Å²) in [7, 11) is 1.75. The summed E-state index contributed by atoms with van der Waals surface area (Å²) in [5.74, 6) is -0.351. The fourth-order valence-corrected chi connectivity index (χ4v) is 3.07. The second-order valence-corrected chi connectivity index (χ2v) is 7.10. The molecule has 140 valence electrons. The van der Waals surface area contributed by atoms with E-state index in [0.29, 0.717) is 11.3 Å². The number of nitrogens with one attached hydrogen (secondary N) is 2. The number of likely N-dealkylation sites (N-methyl/N-ethyl adjacent to an activating group) is 1. The molecule has 1 saturated carbocycles. The van der Waals surface area contributed by atoms with Gasteiger partial charge < -0.3 is 15.5 Å². The van der Waals surface area contributed by atoms with E-state index in [1.54, 1.807) is 36.2 Å². The zero-order valence-electron chi connectivity index (χ0n) is 15.2. The van der Waals surface area contributed by atoms with Gasteiger partial charge in [0.05, 0.1) is 24.3 Å². The van der Waals surface area contributed by atoms with Crippen molar-refractivity contribution in [2.45, 2.75) is 31.7 Å². The van der Waals surface area contributed by atoms with Gasteiger partial charge in [-0.15, -0.1) is 0 Å². The lowest BCUT2D eigenvalue weighted by molar-refractivity contribution is -0.131. The molecule has 0 unspecified atom stereocenters. The van der Waals surface area contributed by atoms with Crippen molar-refractivity contribution in [2.75, 3.05) is 38.5 Å². The molecule has 0 atom stereocenters. The van der Waals surface area contributed by atoms with E-state index < -0.39 is 0 Å². The normalized spacial score (nSPS) is 16.6. The van der Waals surface area contributed by atoms with Gasteiger partial charge >= 0.3 is 0 Å². The van der Waals surface area contributed by atoms with Crippen LogP contribution in [0.1, 0.15) is 36.0 Å². The zero-order chi connectivity index (χ0) is 18.5. The molecule has 0 bridgehead atoms. The Morgan fingerprint density at radius 1 is 1.12 bits per heavy atom. The summed E-state index contributed by atoms with van der Waals surface area (Å²) < 4.78 is 0. The van der Waals surface area contributed by atoms with E-state index in [1.807, 2.05) is 4.90 Å². The summed E-state index contributed by atoms with van der Waals surface area (Å²) >= 11 is 0. The van der Waals surface area contributed by atoms with Gasteiger partial charge in [0.25, 0.3) is 5.91 Å². The van der Waals surface area contributed by atoms with E-state index in [1.165, 1.54) is 0 Å². The Hall–Kier alpha value is -2.41. The highest BCUT2D eigenvalue weighted by molar-refractivity contribution is 6.04. The molecule has 3 amide bonds. The van der Waals surface area contributed by atoms with E-state index in [-0.39, 0.29) is 36.9 Å². The number of para-hydroxylation sites is 1. The Bertz CT molecular complexity index is 681. The quantitative estimate of drug-likeness (QED) is 0.764. The number of amides is 3. The lowest BCUT2D eigenvalue weighted by atomic mass is 10.1. The third-order valence-corrected chi connectivity index (χ3v) is 4.64. The van der Waals surface area contributed by atoms with Crippen LogP contribution in [0, 0.1) is 0 Å². The van der Waals surface area contributed by atoms with Crippen LogP contribution in [0.25, 0.3) is 0 Å². The molecule has 1 aliphatic carbocycles. The van der Waals surface area contributed by atoms with Gasteiger partial charge in [-0.2, -0.15) is 0 Å². The third-order valence-electron chi connectivity index (χ3n) is 4.64. The highest BCUT2D eigenvalue weighted by Crippen LogP contribution is 2.21. The Labute approximate surface area is 153 Å². The summed E-state index contributed by atoms with van der Waals surface area (Å²) in [6.07, 6.45) is 4.12. The van der Waals surface area contributed by atoms with Crippen LogP contribution in [-0.4, -0.2) is 66.8 Å². The Morgan fingerprint density at radius 3 is 2.50 bits per heavy atom. The Balaban J connectivity index is 1.52. The fraction of sp³-hybridized carbons (Fsp3) is 0.526. The van der Waals surface area contributed by atoms with E-state index >= 15 is 0 Å². The monoisotopic (exact) mass is 358 g/mol. The molecule has 3 rings (SSSR count). The summed E-state index contributed by atoms with van der Waals surface area (Å²) in [4.78, 5) is 40.3. The maximum absolute atomic E-state index is 12.3. The molecular formula is C19H26N4O3. The number of carbonyl (C=O) groups is 3. The molecule has 1 saturated heterocycles. The van der Waals surface area contributed by atoms with Gasteiger partial charge in [-0.05, 0) is 44.9 Å². The van der Waals surface area contributed by atoms with Crippen LogP contribution in [-0.2, 0) is 9.59 Å². The molecule has 0 aromatic heterocycles. The minimum Gasteiger partial charge on any atom is -0.349 e. The van der Waals surface area contributed by atoms with Crippen LogP contribution in [0.3, 0.4) is 0 Å². The van der Waals surface area contributed by atoms with Gasteiger partial charge in [0.15, 0.2) is 0 Å². The lowest BCUT2D eigenvalue weighted by Gasteiger charge is -2.21. The van der Waals surface area contributed by atoms with Gasteiger partial charge in [0, 0.05) is 19.1 Å². The first-order valence-corrected chi connectivity index (χ1v) is 9.19. The summed E-state index contributed by atoms with van der Waals surface area (Å²) in [6, 6.07) is 7.24. The van der Waals surface area contributed by atoms with E-state index in [0.717, 1.165) is 38.8 Å². The predicted molar refractivity (Wildman–Crippen MR) is 98.9 cm³/mol. The maximum atomic E-state index is 12.3. The van der Waals surface area contributed by atoms with Crippen LogP contribution in [0.4, 0.5) is 5.69 Å². The number of carbonyl (C=O) groups excluding carboxylic acids is 3.